The highest BCUT2D eigenvalue weighted by atomic mass is 19.4. The van der Waals surface area contributed by atoms with Crippen molar-refractivity contribution in [2.24, 2.45) is 0 Å². The number of hydrogen-bond acceptors (Lipinski definition) is 8. The molecule has 1 aromatic carbocycles. The maximum Gasteiger partial charge on any atom is 0.416 e. The van der Waals surface area contributed by atoms with Crippen LogP contribution in [-0.2, 0) is 28.7 Å². The van der Waals surface area contributed by atoms with Crippen molar-refractivity contribution in [3.8, 4) is 11.4 Å². The van der Waals surface area contributed by atoms with Gasteiger partial charge in [-0.25, -0.2) is 9.50 Å². The lowest BCUT2D eigenvalue weighted by Gasteiger charge is -2.09. The van der Waals surface area contributed by atoms with Gasteiger partial charge in [0, 0.05) is 23.4 Å². The minimum Gasteiger partial charge on any atom is -0.456 e. The third kappa shape index (κ3) is 4.43. The molecular weight excluding hydrogens is 429 g/mol. The number of benzene rings is 1. The van der Waals surface area contributed by atoms with E-state index in [0.717, 1.165) is 29.1 Å². The lowest BCUT2D eigenvalue weighted by Crippen LogP contribution is -2.10. The molecule has 0 atom stereocenters. The van der Waals surface area contributed by atoms with Gasteiger partial charge in [0.05, 0.1) is 5.56 Å². The molecule has 0 aliphatic rings. The highest BCUT2D eigenvalue weighted by Gasteiger charge is 2.30. The molecule has 0 N–H and O–H groups in total. The number of fused-ring (bicyclic) bond motifs is 1. The molecule has 0 radical (unpaired) electrons. The van der Waals surface area contributed by atoms with Crippen molar-refractivity contribution in [2.75, 3.05) is 0 Å². The van der Waals surface area contributed by atoms with Crippen LogP contribution in [0.25, 0.3) is 17.2 Å². The van der Waals surface area contributed by atoms with E-state index in [4.69, 9.17) is 9.26 Å². The maximum absolute atomic E-state index is 12.7. The Morgan fingerprint density at radius 1 is 1.16 bits per heavy atom. The van der Waals surface area contributed by atoms with E-state index in [9.17, 15) is 18.0 Å². The van der Waals surface area contributed by atoms with E-state index in [2.05, 4.69) is 25.2 Å². The number of halogens is 3. The van der Waals surface area contributed by atoms with E-state index in [1.54, 1.807) is 4.52 Å². The Balaban J connectivity index is 1.34. The second-order valence-corrected chi connectivity index (χ2v) is 6.98. The smallest absolute Gasteiger partial charge is 0.416 e. The first-order valence-electron chi connectivity index (χ1n) is 9.54. The minimum atomic E-state index is -4.43. The number of esters is 1. The Kier molecular flexibility index (Phi) is 5.59. The average Bonchev–Trinajstić information content (AvgIpc) is 3.41. The first-order chi connectivity index (χ1) is 15.2. The molecule has 0 spiro atoms. The molecular formula is C20H17F3N6O3. The Bertz CT molecular complexity index is 1260. The van der Waals surface area contributed by atoms with Crippen LogP contribution in [0.3, 0.4) is 0 Å². The van der Waals surface area contributed by atoms with Crippen LogP contribution < -0.4 is 0 Å². The minimum absolute atomic E-state index is 0.0336. The van der Waals surface area contributed by atoms with Gasteiger partial charge in [0.25, 0.3) is 11.7 Å². The summed E-state index contributed by atoms with van der Waals surface area (Å²) in [7, 11) is 0. The number of carbonyl (C=O) groups is 1. The molecule has 0 aliphatic heterocycles. The summed E-state index contributed by atoms with van der Waals surface area (Å²) in [5.41, 5.74) is 2.05. The van der Waals surface area contributed by atoms with Crippen molar-refractivity contribution in [1.29, 1.82) is 0 Å². The van der Waals surface area contributed by atoms with Gasteiger partial charge in [-0.15, -0.1) is 0 Å². The van der Waals surface area contributed by atoms with E-state index in [1.807, 2.05) is 13.8 Å². The summed E-state index contributed by atoms with van der Waals surface area (Å²) in [5, 5.41) is 7.83. The van der Waals surface area contributed by atoms with Gasteiger partial charge in [0.15, 0.2) is 6.61 Å². The molecule has 0 saturated heterocycles. The van der Waals surface area contributed by atoms with E-state index >= 15 is 0 Å². The topological polar surface area (TPSA) is 108 Å². The lowest BCUT2D eigenvalue weighted by atomic mass is 10.1. The van der Waals surface area contributed by atoms with Crippen molar-refractivity contribution in [1.82, 2.24) is 29.7 Å². The number of rotatable bonds is 6. The van der Waals surface area contributed by atoms with Crippen molar-refractivity contribution in [3.63, 3.8) is 0 Å². The van der Waals surface area contributed by atoms with Crippen molar-refractivity contribution in [3.05, 3.63) is 59.0 Å². The molecule has 0 saturated carbocycles. The monoisotopic (exact) mass is 446 g/mol. The Hall–Kier alpha value is -3.83. The maximum atomic E-state index is 12.7. The number of alkyl halides is 3. The Morgan fingerprint density at radius 3 is 2.62 bits per heavy atom. The second-order valence-electron chi connectivity index (χ2n) is 6.98. The highest BCUT2D eigenvalue weighted by molar-refractivity contribution is 5.69. The summed E-state index contributed by atoms with van der Waals surface area (Å²) < 4.78 is 49.8. The summed E-state index contributed by atoms with van der Waals surface area (Å²) in [6.07, 6.45) is -2.51. The zero-order valence-electron chi connectivity index (χ0n) is 17.0. The van der Waals surface area contributed by atoms with Crippen LogP contribution in [-0.4, -0.2) is 35.7 Å². The van der Waals surface area contributed by atoms with Crippen molar-refractivity contribution < 1.29 is 27.2 Å². The standard InChI is InChI=1S/C20H17F3N6O3/c1-11-15(12(2)29-19(26-11)24-10-25-29)7-8-17(30)31-9-16-27-18(28-32-16)13-3-5-14(6-4-13)20(21,22)23/h3-6,10H,7-9H2,1-2H3. The first-order valence-corrected chi connectivity index (χ1v) is 9.54. The fourth-order valence-electron chi connectivity index (χ4n) is 3.20. The first kappa shape index (κ1) is 21.4. The van der Waals surface area contributed by atoms with Gasteiger partial charge in [0.1, 0.15) is 6.33 Å². The molecule has 0 amide bonds. The Labute approximate surface area is 179 Å². The van der Waals surface area contributed by atoms with Crippen molar-refractivity contribution in [2.45, 2.75) is 39.5 Å². The third-order valence-electron chi connectivity index (χ3n) is 4.86. The van der Waals surface area contributed by atoms with Gasteiger partial charge >= 0.3 is 12.1 Å². The highest BCUT2D eigenvalue weighted by Crippen LogP contribution is 2.30. The van der Waals surface area contributed by atoms with Gasteiger partial charge in [-0.3, -0.25) is 4.79 Å². The van der Waals surface area contributed by atoms with Crippen LogP contribution in [0.15, 0.2) is 35.1 Å². The summed E-state index contributed by atoms with van der Waals surface area (Å²) in [4.78, 5) is 24.6. The molecule has 4 aromatic rings. The number of nitrogens with zero attached hydrogens (tertiary/aromatic N) is 6. The van der Waals surface area contributed by atoms with Crippen molar-refractivity contribution >= 4 is 11.7 Å². The van der Waals surface area contributed by atoms with E-state index < -0.39 is 17.7 Å². The molecule has 0 aliphatic carbocycles. The number of aryl methyl sites for hydroxylation is 2. The molecule has 4 rings (SSSR count). The van der Waals surface area contributed by atoms with Gasteiger partial charge in [-0.2, -0.15) is 28.2 Å². The molecule has 9 nitrogen and oxygen atoms in total. The molecule has 3 aromatic heterocycles. The number of carbonyl (C=O) groups excluding carboxylic acids is 1. The molecule has 166 valence electrons. The number of hydrogen-bond donors (Lipinski definition) is 0. The van der Waals surface area contributed by atoms with Crippen LogP contribution >= 0.6 is 0 Å². The summed E-state index contributed by atoms with van der Waals surface area (Å²) in [6, 6.07) is 4.35. The van der Waals surface area contributed by atoms with Gasteiger partial charge < -0.3 is 9.26 Å². The summed E-state index contributed by atoms with van der Waals surface area (Å²) in [6.45, 7) is 3.46. The number of aromatic nitrogens is 6. The predicted molar refractivity (Wildman–Crippen MR) is 103 cm³/mol. The van der Waals surface area contributed by atoms with Crippen LogP contribution in [0, 0.1) is 13.8 Å². The molecule has 32 heavy (non-hydrogen) atoms. The van der Waals surface area contributed by atoms with Crippen LogP contribution in [0.4, 0.5) is 13.2 Å². The quantitative estimate of drug-likeness (QED) is 0.414. The normalized spacial score (nSPS) is 11.8. The second kappa shape index (κ2) is 8.36. The van der Waals surface area contributed by atoms with E-state index in [1.165, 1.54) is 18.5 Å². The number of ether oxygens (including phenoxy) is 1. The lowest BCUT2D eigenvalue weighted by molar-refractivity contribution is -0.145. The molecule has 3 heterocycles. The third-order valence-corrected chi connectivity index (χ3v) is 4.86. The summed E-state index contributed by atoms with van der Waals surface area (Å²) in [5.74, 6) is 0.151. The van der Waals surface area contributed by atoms with E-state index in [0.29, 0.717) is 17.8 Å². The SMILES string of the molecule is Cc1nc2ncnn2c(C)c1CCC(=O)OCc1nc(-c2ccc(C(F)(F)F)cc2)no1. The Morgan fingerprint density at radius 2 is 1.91 bits per heavy atom. The molecule has 0 bridgehead atoms. The van der Waals surface area contributed by atoms with Crippen LogP contribution in [0.1, 0.15) is 34.8 Å². The summed E-state index contributed by atoms with van der Waals surface area (Å²) >= 11 is 0. The van der Waals surface area contributed by atoms with Gasteiger partial charge in [0.2, 0.25) is 5.82 Å². The average molecular weight is 446 g/mol. The zero-order chi connectivity index (χ0) is 22.9. The zero-order valence-corrected chi connectivity index (χ0v) is 17.0. The van der Waals surface area contributed by atoms with Crippen LogP contribution in [0.5, 0.6) is 0 Å². The fraction of sp³-hybridized carbons (Fsp3) is 0.300. The molecule has 12 heteroatoms. The van der Waals surface area contributed by atoms with Gasteiger partial charge in [-0.05, 0) is 38.0 Å². The van der Waals surface area contributed by atoms with E-state index in [-0.39, 0.29) is 24.7 Å². The largest absolute Gasteiger partial charge is 0.456 e. The predicted octanol–water partition coefficient (Wildman–Crippen LogP) is 3.49. The fourth-order valence-corrected chi connectivity index (χ4v) is 3.20. The van der Waals surface area contributed by atoms with Gasteiger partial charge in [-0.1, -0.05) is 17.3 Å². The molecule has 0 fully saturated rings. The molecule has 0 unspecified atom stereocenters. The van der Waals surface area contributed by atoms with Crippen LogP contribution in [0.2, 0.25) is 0 Å².